The van der Waals surface area contributed by atoms with Gasteiger partial charge in [-0.05, 0) is 47.7 Å². The number of methoxy groups -OCH3 is 1. The Kier molecular flexibility index (Phi) is 5.40. The second kappa shape index (κ2) is 7.73. The van der Waals surface area contributed by atoms with E-state index in [1.54, 1.807) is 19.2 Å². The first-order chi connectivity index (χ1) is 12.5. The van der Waals surface area contributed by atoms with Gasteiger partial charge in [-0.2, -0.15) is 0 Å². The Bertz CT molecular complexity index is 809. The molecule has 0 saturated carbocycles. The summed E-state index contributed by atoms with van der Waals surface area (Å²) >= 11 is 0. The van der Waals surface area contributed by atoms with E-state index in [2.05, 4.69) is 13.8 Å². The number of rotatable bonds is 7. The van der Waals surface area contributed by atoms with Gasteiger partial charge >= 0.3 is 0 Å². The summed E-state index contributed by atoms with van der Waals surface area (Å²) in [6.45, 7) is 5.33. The zero-order valence-corrected chi connectivity index (χ0v) is 15.6. The Morgan fingerprint density at radius 1 is 1.15 bits per heavy atom. The lowest BCUT2D eigenvalue weighted by molar-refractivity contribution is 0.0766. The third-order valence-corrected chi connectivity index (χ3v) is 4.79. The molecule has 0 spiro atoms. The Morgan fingerprint density at radius 2 is 1.88 bits per heavy atom. The van der Waals surface area contributed by atoms with E-state index in [9.17, 15) is 9.59 Å². The van der Waals surface area contributed by atoms with Crippen molar-refractivity contribution in [1.29, 1.82) is 0 Å². The molecule has 0 saturated heterocycles. The van der Waals surface area contributed by atoms with Gasteiger partial charge in [-0.15, -0.1) is 0 Å². The fourth-order valence-corrected chi connectivity index (χ4v) is 3.20. The van der Waals surface area contributed by atoms with Gasteiger partial charge in [-0.1, -0.05) is 32.0 Å². The molecule has 0 bridgehead atoms. The molecule has 4 nitrogen and oxygen atoms in total. The topological polar surface area (TPSA) is 46.6 Å². The molecule has 0 radical (unpaired) electrons. The second-order valence-electron chi connectivity index (χ2n) is 7.24. The highest BCUT2D eigenvalue weighted by molar-refractivity contribution is 6.01. The molecule has 26 heavy (non-hydrogen) atoms. The Labute approximate surface area is 154 Å². The number of ketones is 1. The molecule has 0 N–H and O–H groups in total. The number of hydrogen-bond acceptors (Lipinski definition) is 3. The smallest absolute Gasteiger partial charge is 0.254 e. The molecule has 1 amide bonds. The number of carbonyl (C=O) groups is 2. The summed E-state index contributed by atoms with van der Waals surface area (Å²) < 4.78 is 5.17. The van der Waals surface area contributed by atoms with Crippen molar-refractivity contribution < 1.29 is 14.3 Å². The Morgan fingerprint density at radius 3 is 2.54 bits per heavy atom. The average molecular weight is 351 g/mol. The van der Waals surface area contributed by atoms with Crippen LogP contribution in [0.4, 0.5) is 0 Å². The van der Waals surface area contributed by atoms with Crippen molar-refractivity contribution in [3.8, 4) is 5.75 Å². The maximum absolute atomic E-state index is 12.6. The van der Waals surface area contributed by atoms with E-state index in [4.69, 9.17) is 4.74 Å². The average Bonchev–Trinajstić information content (AvgIpc) is 2.95. The molecule has 0 atom stereocenters. The van der Waals surface area contributed by atoms with Gasteiger partial charge < -0.3 is 9.64 Å². The fraction of sp³-hybridized carbons (Fsp3) is 0.364. The molecule has 1 aliphatic rings. The Hall–Kier alpha value is -2.62. The predicted molar refractivity (Wildman–Crippen MR) is 101 cm³/mol. The Balaban J connectivity index is 1.70. The summed E-state index contributed by atoms with van der Waals surface area (Å²) in [6, 6.07) is 13.2. The van der Waals surface area contributed by atoms with Crippen molar-refractivity contribution >= 4 is 11.7 Å². The zero-order valence-electron chi connectivity index (χ0n) is 15.6. The standard InChI is InChI=1S/C22H25NO3/c1-15(2)4-11-21(24)17-7-10-20-18(12-17)14-23(22(20)25)13-16-5-8-19(26-3)9-6-16/h5-10,12,15H,4,11,13-14H2,1-3H3. The molecule has 4 heteroatoms. The predicted octanol–water partition coefficient (Wildman–Crippen LogP) is 4.47. The summed E-state index contributed by atoms with van der Waals surface area (Å²) in [5.41, 5.74) is 3.42. The van der Waals surface area contributed by atoms with Crippen molar-refractivity contribution in [3.63, 3.8) is 0 Å². The van der Waals surface area contributed by atoms with Crippen LogP contribution in [-0.4, -0.2) is 23.7 Å². The summed E-state index contributed by atoms with van der Waals surface area (Å²) in [5, 5.41) is 0. The molecule has 2 aromatic carbocycles. The molecule has 0 unspecified atom stereocenters. The maximum Gasteiger partial charge on any atom is 0.254 e. The first-order valence-corrected chi connectivity index (χ1v) is 9.06. The summed E-state index contributed by atoms with van der Waals surface area (Å²) in [7, 11) is 1.63. The lowest BCUT2D eigenvalue weighted by atomic mass is 9.98. The van der Waals surface area contributed by atoms with E-state index >= 15 is 0 Å². The largest absolute Gasteiger partial charge is 0.497 e. The van der Waals surface area contributed by atoms with E-state index in [-0.39, 0.29) is 11.7 Å². The van der Waals surface area contributed by atoms with Crippen molar-refractivity contribution in [1.82, 2.24) is 4.90 Å². The van der Waals surface area contributed by atoms with Crippen LogP contribution in [0.1, 0.15) is 58.5 Å². The minimum absolute atomic E-state index is 0.0250. The second-order valence-corrected chi connectivity index (χ2v) is 7.24. The molecule has 0 aliphatic carbocycles. The first kappa shape index (κ1) is 18.2. The van der Waals surface area contributed by atoms with Crippen molar-refractivity contribution in [2.75, 3.05) is 7.11 Å². The van der Waals surface area contributed by atoms with Crippen LogP contribution >= 0.6 is 0 Å². The number of nitrogens with zero attached hydrogens (tertiary/aromatic N) is 1. The number of carbonyl (C=O) groups excluding carboxylic acids is 2. The van der Waals surface area contributed by atoms with Crippen LogP contribution in [-0.2, 0) is 13.1 Å². The van der Waals surface area contributed by atoms with Gasteiger partial charge in [0.2, 0.25) is 0 Å². The highest BCUT2D eigenvalue weighted by Gasteiger charge is 2.28. The van der Waals surface area contributed by atoms with Crippen LogP contribution in [0.3, 0.4) is 0 Å². The van der Waals surface area contributed by atoms with Gasteiger partial charge in [0.25, 0.3) is 5.91 Å². The monoisotopic (exact) mass is 351 g/mol. The summed E-state index contributed by atoms with van der Waals surface area (Å²) in [5.74, 6) is 1.49. The number of fused-ring (bicyclic) bond motifs is 1. The fourth-order valence-electron chi connectivity index (χ4n) is 3.20. The number of ether oxygens (including phenoxy) is 1. The van der Waals surface area contributed by atoms with Crippen molar-refractivity contribution in [2.45, 2.75) is 39.8 Å². The maximum atomic E-state index is 12.6. The molecular weight excluding hydrogens is 326 g/mol. The minimum Gasteiger partial charge on any atom is -0.497 e. The molecule has 1 aliphatic heterocycles. The SMILES string of the molecule is COc1ccc(CN2Cc3cc(C(=O)CCC(C)C)ccc3C2=O)cc1. The van der Waals surface area contributed by atoms with Gasteiger partial charge in [0.1, 0.15) is 5.75 Å². The molecule has 2 aromatic rings. The summed E-state index contributed by atoms with van der Waals surface area (Å²) in [6.07, 6.45) is 1.44. The summed E-state index contributed by atoms with van der Waals surface area (Å²) in [4.78, 5) is 26.8. The van der Waals surface area contributed by atoms with E-state index < -0.39 is 0 Å². The number of benzene rings is 2. The zero-order chi connectivity index (χ0) is 18.7. The first-order valence-electron chi connectivity index (χ1n) is 9.06. The van der Waals surface area contributed by atoms with Gasteiger partial charge in [-0.3, -0.25) is 9.59 Å². The normalized spacial score (nSPS) is 13.2. The van der Waals surface area contributed by atoms with Crippen LogP contribution in [0.25, 0.3) is 0 Å². The van der Waals surface area contributed by atoms with Crippen LogP contribution in [0.15, 0.2) is 42.5 Å². The number of Topliss-reactive ketones (excluding diaryl/α,β-unsaturated/α-hetero) is 1. The lowest BCUT2D eigenvalue weighted by Crippen LogP contribution is -2.23. The van der Waals surface area contributed by atoms with Crippen molar-refractivity contribution in [2.24, 2.45) is 5.92 Å². The van der Waals surface area contributed by atoms with E-state index in [1.807, 2.05) is 35.2 Å². The van der Waals surface area contributed by atoms with E-state index in [0.717, 1.165) is 23.3 Å². The number of amides is 1. The molecule has 0 aromatic heterocycles. The van der Waals surface area contributed by atoms with Crippen LogP contribution < -0.4 is 4.74 Å². The molecular formula is C22H25NO3. The molecule has 1 heterocycles. The van der Waals surface area contributed by atoms with Gasteiger partial charge in [0, 0.05) is 30.6 Å². The third-order valence-electron chi connectivity index (χ3n) is 4.79. The molecule has 3 rings (SSSR count). The molecule has 136 valence electrons. The lowest BCUT2D eigenvalue weighted by Gasteiger charge is -2.15. The van der Waals surface area contributed by atoms with Gasteiger partial charge in [0.05, 0.1) is 7.11 Å². The van der Waals surface area contributed by atoms with Crippen LogP contribution in [0.2, 0.25) is 0 Å². The minimum atomic E-state index is 0.0250. The third kappa shape index (κ3) is 3.96. The van der Waals surface area contributed by atoms with E-state index in [1.165, 1.54) is 0 Å². The number of hydrogen-bond donors (Lipinski definition) is 0. The van der Waals surface area contributed by atoms with Gasteiger partial charge in [0.15, 0.2) is 5.78 Å². The quantitative estimate of drug-likeness (QED) is 0.692. The highest BCUT2D eigenvalue weighted by atomic mass is 16.5. The van der Waals surface area contributed by atoms with Crippen LogP contribution in [0, 0.1) is 5.92 Å². The molecule has 0 fully saturated rings. The van der Waals surface area contributed by atoms with Crippen LogP contribution in [0.5, 0.6) is 5.75 Å². The highest BCUT2D eigenvalue weighted by Crippen LogP contribution is 2.26. The van der Waals surface area contributed by atoms with Gasteiger partial charge in [-0.25, -0.2) is 0 Å². The van der Waals surface area contributed by atoms with Crippen molar-refractivity contribution in [3.05, 3.63) is 64.7 Å². The van der Waals surface area contributed by atoms with E-state index in [0.29, 0.717) is 36.6 Å².